The van der Waals surface area contributed by atoms with Gasteiger partial charge in [0.15, 0.2) is 0 Å². The topological polar surface area (TPSA) is 9.23 Å². The zero-order chi connectivity index (χ0) is 13.5. The van der Waals surface area contributed by atoms with Crippen LogP contribution in [0.15, 0.2) is 0 Å². The van der Waals surface area contributed by atoms with Gasteiger partial charge in [-0.25, -0.2) is 0 Å². The highest BCUT2D eigenvalue weighted by atomic mass is 16.5. The highest BCUT2D eigenvalue weighted by Gasteiger charge is 2.24. The lowest BCUT2D eigenvalue weighted by Crippen LogP contribution is -2.28. The summed E-state index contributed by atoms with van der Waals surface area (Å²) in [6.07, 6.45) is 4.95. The lowest BCUT2D eigenvalue weighted by atomic mass is 9.75. The number of rotatable bonds is 9. The second-order valence-electron chi connectivity index (χ2n) is 6.96. The van der Waals surface area contributed by atoms with E-state index in [-0.39, 0.29) is 5.60 Å². The minimum atomic E-state index is 0.0578. The molecule has 0 amide bonds. The SMILES string of the molecule is CBCCCC(C)(C)OCCC(C)(C)C(C)C. The first-order valence-corrected chi connectivity index (χ1v) is 7.35. The Bertz CT molecular complexity index is 197. The van der Waals surface area contributed by atoms with Crippen molar-refractivity contribution in [2.24, 2.45) is 11.3 Å². The van der Waals surface area contributed by atoms with Crippen LogP contribution in [0.25, 0.3) is 0 Å². The van der Waals surface area contributed by atoms with E-state index in [9.17, 15) is 0 Å². The summed E-state index contributed by atoms with van der Waals surface area (Å²) in [7, 11) is 1.29. The maximum Gasteiger partial charge on any atom is 0.117 e. The third-order valence-electron chi connectivity index (χ3n) is 4.18. The average molecular weight is 240 g/mol. The fourth-order valence-corrected chi connectivity index (χ4v) is 1.75. The average Bonchev–Trinajstić information content (AvgIpc) is 2.16. The molecule has 0 radical (unpaired) electrons. The molecule has 0 aliphatic heterocycles. The van der Waals surface area contributed by atoms with Gasteiger partial charge in [-0.3, -0.25) is 0 Å². The van der Waals surface area contributed by atoms with Crippen LogP contribution in [0.4, 0.5) is 0 Å². The zero-order valence-corrected chi connectivity index (χ0v) is 13.2. The van der Waals surface area contributed by atoms with E-state index >= 15 is 0 Å². The van der Waals surface area contributed by atoms with E-state index in [2.05, 4.69) is 48.4 Å². The lowest BCUT2D eigenvalue weighted by molar-refractivity contribution is -0.0383. The molecule has 0 saturated heterocycles. The van der Waals surface area contributed by atoms with Crippen LogP contribution in [0.2, 0.25) is 13.1 Å². The van der Waals surface area contributed by atoms with Crippen LogP contribution in [-0.4, -0.2) is 19.5 Å². The van der Waals surface area contributed by atoms with E-state index in [0.717, 1.165) is 13.0 Å². The molecule has 17 heavy (non-hydrogen) atoms. The smallest absolute Gasteiger partial charge is 0.117 e. The van der Waals surface area contributed by atoms with Crippen LogP contribution >= 0.6 is 0 Å². The van der Waals surface area contributed by atoms with Gasteiger partial charge in [0.2, 0.25) is 0 Å². The van der Waals surface area contributed by atoms with Crippen LogP contribution in [-0.2, 0) is 4.74 Å². The molecule has 0 saturated carbocycles. The van der Waals surface area contributed by atoms with Gasteiger partial charge in [-0.2, -0.15) is 0 Å². The molecule has 2 heteroatoms. The van der Waals surface area contributed by atoms with Gasteiger partial charge >= 0.3 is 0 Å². The molecule has 0 spiro atoms. The van der Waals surface area contributed by atoms with Gasteiger partial charge in [-0.1, -0.05) is 47.3 Å². The first kappa shape index (κ1) is 17.0. The Hall–Kier alpha value is 0.0249. The van der Waals surface area contributed by atoms with Crippen molar-refractivity contribution in [3.8, 4) is 0 Å². The third kappa shape index (κ3) is 7.86. The van der Waals surface area contributed by atoms with Crippen molar-refractivity contribution in [1.29, 1.82) is 0 Å². The molecule has 0 aliphatic carbocycles. The zero-order valence-electron chi connectivity index (χ0n) is 13.2. The molecule has 0 aromatic carbocycles. The first-order valence-electron chi connectivity index (χ1n) is 7.35. The van der Waals surface area contributed by atoms with Crippen molar-refractivity contribution in [1.82, 2.24) is 0 Å². The van der Waals surface area contributed by atoms with Crippen molar-refractivity contribution >= 4 is 7.28 Å². The highest BCUT2D eigenvalue weighted by Crippen LogP contribution is 2.31. The van der Waals surface area contributed by atoms with Crippen molar-refractivity contribution < 1.29 is 4.74 Å². The van der Waals surface area contributed by atoms with Gasteiger partial charge < -0.3 is 4.74 Å². The Labute approximate surface area is 110 Å². The van der Waals surface area contributed by atoms with Gasteiger partial charge in [0.25, 0.3) is 0 Å². The fraction of sp³-hybridized carbons (Fsp3) is 1.00. The van der Waals surface area contributed by atoms with Crippen LogP contribution in [0.1, 0.15) is 60.8 Å². The number of hydrogen-bond donors (Lipinski definition) is 0. The Morgan fingerprint density at radius 3 is 2.12 bits per heavy atom. The van der Waals surface area contributed by atoms with E-state index in [1.165, 1.54) is 26.4 Å². The van der Waals surface area contributed by atoms with Crippen molar-refractivity contribution in [3.05, 3.63) is 0 Å². The molecule has 0 aromatic rings. The summed E-state index contributed by atoms with van der Waals surface area (Å²) in [6.45, 7) is 16.9. The van der Waals surface area contributed by atoms with E-state index in [0.29, 0.717) is 11.3 Å². The number of hydrogen-bond acceptors (Lipinski definition) is 1. The quantitative estimate of drug-likeness (QED) is 0.424. The normalized spacial score (nSPS) is 13.2. The molecule has 0 atom stereocenters. The van der Waals surface area contributed by atoms with E-state index in [1.807, 2.05) is 0 Å². The number of ether oxygens (including phenoxy) is 1. The van der Waals surface area contributed by atoms with Crippen molar-refractivity contribution in [2.75, 3.05) is 6.61 Å². The second-order valence-corrected chi connectivity index (χ2v) is 6.96. The molecule has 102 valence electrons. The van der Waals surface area contributed by atoms with E-state index in [4.69, 9.17) is 4.74 Å². The largest absolute Gasteiger partial charge is 0.376 e. The predicted molar refractivity (Wildman–Crippen MR) is 80.3 cm³/mol. The molecular formula is C15H33BO. The maximum absolute atomic E-state index is 6.06. The van der Waals surface area contributed by atoms with Crippen molar-refractivity contribution in [3.63, 3.8) is 0 Å². The summed E-state index contributed by atoms with van der Waals surface area (Å²) in [5.41, 5.74) is 0.446. The lowest BCUT2D eigenvalue weighted by Gasteiger charge is -2.32. The Morgan fingerprint density at radius 1 is 1.06 bits per heavy atom. The molecule has 0 bridgehead atoms. The predicted octanol–water partition coefficient (Wildman–Crippen LogP) is 4.54. The summed E-state index contributed by atoms with van der Waals surface area (Å²) >= 11 is 0. The minimum Gasteiger partial charge on any atom is -0.376 e. The van der Waals surface area contributed by atoms with Gasteiger partial charge in [0, 0.05) is 6.61 Å². The second kappa shape index (κ2) is 7.46. The van der Waals surface area contributed by atoms with Gasteiger partial charge in [0.05, 0.1) is 5.60 Å². The van der Waals surface area contributed by atoms with E-state index in [1.54, 1.807) is 0 Å². The monoisotopic (exact) mass is 240 g/mol. The summed E-state index contributed by atoms with van der Waals surface area (Å²) < 4.78 is 6.06. The minimum absolute atomic E-state index is 0.0578. The molecule has 0 unspecified atom stereocenters. The Kier molecular flexibility index (Phi) is 7.47. The highest BCUT2D eigenvalue weighted by molar-refractivity contribution is 6.33. The van der Waals surface area contributed by atoms with Crippen molar-refractivity contribution in [2.45, 2.75) is 79.5 Å². The van der Waals surface area contributed by atoms with Crippen LogP contribution < -0.4 is 0 Å². The Balaban J connectivity index is 3.86. The summed E-state index contributed by atoms with van der Waals surface area (Å²) in [4.78, 5) is 0. The Morgan fingerprint density at radius 2 is 1.65 bits per heavy atom. The summed E-state index contributed by atoms with van der Waals surface area (Å²) in [5, 5.41) is 0. The molecule has 1 nitrogen and oxygen atoms in total. The van der Waals surface area contributed by atoms with Gasteiger partial charge in [-0.05, 0) is 38.0 Å². The standard InChI is InChI=1S/C15H33BO/c1-13(2)14(3,4)10-12-17-15(5,6)9-8-11-16-7/h13,16H,8-12H2,1-7H3. The third-order valence-corrected chi connectivity index (χ3v) is 4.18. The molecule has 0 aliphatic rings. The van der Waals surface area contributed by atoms with Gasteiger partial charge in [0.1, 0.15) is 7.28 Å². The molecular weight excluding hydrogens is 207 g/mol. The van der Waals surface area contributed by atoms with Crippen LogP contribution in [0.5, 0.6) is 0 Å². The van der Waals surface area contributed by atoms with Crippen LogP contribution in [0, 0.1) is 11.3 Å². The summed E-state index contributed by atoms with van der Waals surface area (Å²) in [6, 6.07) is 0. The molecule has 0 aromatic heterocycles. The molecule has 0 rings (SSSR count). The fourth-order valence-electron chi connectivity index (χ4n) is 1.75. The summed E-state index contributed by atoms with van der Waals surface area (Å²) in [5.74, 6) is 0.717. The first-order chi connectivity index (χ1) is 7.71. The molecule has 0 fully saturated rings. The molecule has 0 N–H and O–H groups in total. The maximum atomic E-state index is 6.06. The van der Waals surface area contributed by atoms with Gasteiger partial charge in [-0.15, -0.1) is 0 Å². The van der Waals surface area contributed by atoms with E-state index < -0.39 is 0 Å². The molecule has 0 heterocycles. The van der Waals surface area contributed by atoms with Crippen LogP contribution in [0.3, 0.4) is 0 Å².